The minimum atomic E-state index is -0.809. The molecule has 0 aliphatic carbocycles. The molecule has 0 spiro atoms. The van der Waals surface area contributed by atoms with Gasteiger partial charge >= 0.3 is 0 Å². The Kier molecular flexibility index (Phi) is 6.95. The highest BCUT2D eigenvalue weighted by molar-refractivity contribution is 7.12. The van der Waals surface area contributed by atoms with E-state index < -0.39 is 6.04 Å². The molecule has 5 nitrogen and oxygen atoms in total. The monoisotopic (exact) mass is 455 g/mol. The zero-order valence-corrected chi connectivity index (χ0v) is 19.4. The molecule has 0 aliphatic heterocycles. The van der Waals surface area contributed by atoms with E-state index in [-0.39, 0.29) is 18.2 Å². The summed E-state index contributed by atoms with van der Waals surface area (Å²) >= 11 is 1.50. The molecular weight excluding hydrogens is 430 g/mol. The van der Waals surface area contributed by atoms with Crippen LogP contribution in [0.4, 0.5) is 5.69 Å². The van der Waals surface area contributed by atoms with Crippen molar-refractivity contribution in [3.05, 3.63) is 106 Å². The second kappa shape index (κ2) is 10.2. The first kappa shape index (κ1) is 22.4. The lowest BCUT2D eigenvalue weighted by atomic mass is 10.0. The lowest BCUT2D eigenvalue weighted by Gasteiger charge is -2.19. The number of amides is 2. The van der Waals surface area contributed by atoms with E-state index in [1.807, 2.05) is 98.8 Å². The molecule has 0 radical (unpaired) electrons. The van der Waals surface area contributed by atoms with E-state index in [0.717, 1.165) is 26.7 Å². The molecule has 0 saturated carbocycles. The van der Waals surface area contributed by atoms with Crippen LogP contribution in [0.25, 0.3) is 11.3 Å². The molecule has 1 atom stereocenters. The van der Waals surface area contributed by atoms with Crippen molar-refractivity contribution in [1.82, 2.24) is 10.3 Å². The van der Waals surface area contributed by atoms with Gasteiger partial charge in [0.25, 0.3) is 5.91 Å². The molecule has 0 bridgehead atoms. The summed E-state index contributed by atoms with van der Waals surface area (Å²) in [5.74, 6) is -0.524. The number of carbonyl (C=O) groups is 2. The number of aromatic nitrogens is 1. The molecule has 0 fully saturated rings. The zero-order valence-electron chi connectivity index (χ0n) is 18.5. The van der Waals surface area contributed by atoms with Crippen LogP contribution in [0.15, 0.2) is 84.9 Å². The van der Waals surface area contributed by atoms with Gasteiger partial charge in [0.2, 0.25) is 5.91 Å². The minimum absolute atomic E-state index is 0.149. The van der Waals surface area contributed by atoms with Crippen molar-refractivity contribution in [1.29, 1.82) is 0 Å². The maximum Gasteiger partial charge on any atom is 0.251 e. The van der Waals surface area contributed by atoms with Crippen LogP contribution >= 0.6 is 11.3 Å². The fourth-order valence-corrected chi connectivity index (χ4v) is 4.52. The van der Waals surface area contributed by atoms with Gasteiger partial charge in [-0.2, -0.15) is 0 Å². The molecule has 2 N–H and O–H groups in total. The molecule has 1 heterocycles. The number of nitrogens with one attached hydrogen (secondary N) is 2. The second-order valence-corrected chi connectivity index (χ2v) is 9.10. The third-order valence-electron chi connectivity index (χ3n) is 5.19. The predicted molar refractivity (Wildman–Crippen MR) is 133 cm³/mol. The number of benzene rings is 3. The number of aryl methyl sites for hydroxylation is 2. The highest BCUT2D eigenvalue weighted by Gasteiger charge is 2.24. The van der Waals surface area contributed by atoms with E-state index in [2.05, 4.69) is 15.6 Å². The molecular formula is C27H25N3O2S. The topological polar surface area (TPSA) is 71.1 Å². The summed E-state index contributed by atoms with van der Waals surface area (Å²) in [4.78, 5) is 31.7. The van der Waals surface area contributed by atoms with Crippen molar-refractivity contribution < 1.29 is 9.59 Å². The van der Waals surface area contributed by atoms with Gasteiger partial charge in [0.05, 0.1) is 17.1 Å². The molecule has 4 aromatic rings. The normalized spacial score (nSPS) is 11.6. The summed E-state index contributed by atoms with van der Waals surface area (Å²) in [7, 11) is 0. The molecule has 0 aliphatic rings. The Labute approximate surface area is 197 Å². The van der Waals surface area contributed by atoms with Crippen LogP contribution in [-0.4, -0.2) is 16.8 Å². The van der Waals surface area contributed by atoms with Gasteiger partial charge in [-0.3, -0.25) is 9.59 Å². The molecule has 33 heavy (non-hydrogen) atoms. The third-order valence-corrected chi connectivity index (χ3v) is 6.16. The van der Waals surface area contributed by atoms with E-state index in [1.54, 1.807) is 0 Å². The molecule has 1 unspecified atom stereocenters. The molecule has 0 saturated heterocycles. The molecule has 1 aromatic heterocycles. The van der Waals surface area contributed by atoms with Gasteiger partial charge in [0.1, 0.15) is 6.04 Å². The maximum atomic E-state index is 13.1. The van der Waals surface area contributed by atoms with Crippen LogP contribution in [0.3, 0.4) is 0 Å². The molecule has 4 rings (SSSR count). The number of hydrogen-bond acceptors (Lipinski definition) is 4. The highest BCUT2D eigenvalue weighted by Crippen LogP contribution is 2.29. The van der Waals surface area contributed by atoms with Crippen molar-refractivity contribution in [2.45, 2.75) is 26.3 Å². The Balaban J connectivity index is 1.54. The van der Waals surface area contributed by atoms with Crippen molar-refractivity contribution in [3.63, 3.8) is 0 Å². The van der Waals surface area contributed by atoms with Gasteiger partial charge in [-0.15, -0.1) is 11.3 Å². The molecule has 2 amide bonds. The summed E-state index contributed by atoms with van der Waals surface area (Å²) in [6, 6.07) is 25.8. The Morgan fingerprint density at radius 1 is 0.879 bits per heavy atom. The van der Waals surface area contributed by atoms with Crippen molar-refractivity contribution in [2.75, 3.05) is 5.32 Å². The van der Waals surface area contributed by atoms with E-state index in [4.69, 9.17) is 0 Å². The van der Waals surface area contributed by atoms with E-state index in [9.17, 15) is 9.59 Å². The van der Waals surface area contributed by atoms with Crippen molar-refractivity contribution >= 4 is 28.8 Å². The zero-order chi connectivity index (χ0) is 23.2. The Morgan fingerprint density at radius 3 is 2.18 bits per heavy atom. The quantitative estimate of drug-likeness (QED) is 0.388. The van der Waals surface area contributed by atoms with Gasteiger partial charge in [-0.05, 0) is 31.5 Å². The van der Waals surface area contributed by atoms with Crippen LogP contribution < -0.4 is 10.6 Å². The summed E-state index contributed by atoms with van der Waals surface area (Å²) in [5, 5.41) is 6.72. The standard InChI is InChI=1S/C27H25N3O2S/c1-18-13-15-21(16-14-18)25-23(33-19(2)28-25)17-24(31)30-26(20-9-5-3-6-10-20)27(32)29-22-11-7-4-8-12-22/h3-16,26H,17H2,1-2H3,(H,29,32)(H,30,31). The Bertz CT molecular complexity index is 1240. The number of hydrogen-bond donors (Lipinski definition) is 2. The Morgan fingerprint density at radius 2 is 1.52 bits per heavy atom. The van der Waals surface area contributed by atoms with Gasteiger partial charge in [0.15, 0.2) is 0 Å². The van der Waals surface area contributed by atoms with Crippen LogP contribution in [0.5, 0.6) is 0 Å². The summed E-state index contributed by atoms with van der Waals surface area (Å²) < 4.78 is 0. The fraction of sp³-hybridized carbons (Fsp3) is 0.148. The number of carbonyl (C=O) groups excluding carboxylic acids is 2. The maximum absolute atomic E-state index is 13.1. The van der Waals surface area contributed by atoms with Crippen LogP contribution in [0.1, 0.15) is 27.1 Å². The number of rotatable bonds is 7. The lowest BCUT2D eigenvalue weighted by Crippen LogP contribution is -2.37. The number of para-hydroxylation sites is 1. The van der Waals surface area contributed by atoms with Gasteiger partial charge in [-0.1, -0.05) is 78.4 Å². The van der Waals surface area contributed by atoms with E-state index in [1.165, 1.54) is 16.9 Å². The van der Waals surface area contributed by atoms with E-state index >= 15 is 0 Å². The number of nitrogens with zero attached hydrogens (tertiary/aromatic N) is 1. The molecule has 166 valence electrons. The van der Waals surface area contributed by atoms with Crippen molar-refractivity contribution in [2.24, 2.45) is 0 Å². The van der Waals surface area contributed by atoms with Crippen LogP contribution in [0, 0.1) is 13.8 Å². The fourth-order valence-electron chi connectivity index (χ4n) is 3.57. The first-order valence-corrected chi connectivity index (χ1v) is 11.5. The first-order valence-electron chi connectivity index (χ1n) is 10.7. The predicted octanol–water partition coefficient (Wildman–Crippen LogP) is 5.47. The van der Waals surface area contributed by atoms with Crippen molar-refractivity contribution in [3.8, 4) is 11.3 Å². The minimum Gasteiger partial charge on any atom is -0.340 e. The first-order chi connectivity index (χ1) is 16.0. The van der Waals surface area contributed by atoms with Crippen LogP contribution in [-0.2, 0) is 16.0 Å². The average molecular weight is 456 g/mol. The summed E-state index contributed by atoms with van der Waals surface area (Å²) in [5.41, 5.74) is 4.36. The van der Waals surface area contributed by atoms with Crippen LogP contribution in [0.2, 0.25) is 0 Å². The van der Waals surface area contributed by atoms with Gasteiger partial charge in [0, 0.05) is 16.1 Å². The SMILES string of the molecule is Cc1ccc(-c2nc(C)sc2CC(=O)NC(C(=O)Nc2ccccc2)c2ccccc2)cc1. The van der Waals surface area contributed by atoms with Gasteiger partial charge in [-0.25, -0.2) is 4.98 Å². The molecule has 3 aromatic carbocycles. The average Bonchev–Trinajstić information content (AvgIpc) is 3.19. The largest absolute Gasteiger partial charge is 0.340 e. The smallest absolute Gasteiger partial charge is 0.251 e. The van der Waals surface area contributed by atoms with E-state index in [0.29, 0.717) is 5.69 Å². The number of anilines is 1. The molecule has 6 heteroatoms. The number of thiazole rings is 1. The summed E-state index contributed by atoms with van der Waals surface area (Å²) in [6.07, 6.45) is 0.149. The summed E-state index contributed by atoms with van der Waals surface area (Å²) in [6.45, 7) is 3.97. The van der Waals surface area contributed by atoms with Gasteiger partial charge < -0.3 is 10.6 Å². The Hall–Kier alpha value is -3.77. The third kappa shape index (κ3) is 5.73. The lowest BCUT2D eigenvalue weighted by molar-refractivity contribution is -0.126. The second-order valence-electron chi connectivity index (χ2n) is 7.81. The highest BCUT2D eigenvalue weighted by atomic mass is 32.1.